The summed E-state index contributed by atoms with van der Waals surface area (Å²) in [7, 11) is 0. The van der Waals surface area contributed by atoms with Crippen LogP contribution in [-0.2, 0) is 25.8 Å². The number of nitrogens with zero attached hydrogens (tertiary/aromatic N) is 4. The van der Waals surface area contributed by atoms with Gasteiger partial charge in [0.05, 0.1) is 12.1 Å². The van der Waals surface area contributed by atoms with E-state index >= 15 is 0 Å². The number of halogens is 3. The molecule has 0 unspecified atom stereocenters. The molecule has 10 heteroatoms. The molecule has 0 radical (unpaired) electrons. The third-order valence-corrected chi connectivity index (χ3v) is 6.28. The molecule has 1 aliphatic heterocycles. The fraction of sp³-hybridized carbons (Fsp3) is 0.400. The Hall–Kier alpha value is -3.40. The first-order valence-corrected chi connectivity index (χ1v) is 11.6. The van der Waals surface area contributed by atoms with Crippen LogP contribution in [-0.4, -0.2) is 33.8 Å². The van der Waals surface area contributed by atoms with Gasteiger partial charge in [-0.1, -0.05) is 12.1 Å². The first-order valence-electron chi connectivity index (χ1n) is 11.6. The van der Waals surface area contributed by atoms with Crippen LogP contribution >= 0.6 is 0 Å². The molecule has 0 atom stereocenters. The van der Waals surface area contributed by atoms with E-state index in [-0.39, 0.29) is 13.1 Å². The maximum atomic E-state index is 13.7. The number of rotatable bonds is 7. The second kappa shape index (κ2) is 10.1. The van der Waals surface area contributed by atoms with Crippen LogP contribution in [0, 0.1) is 13.8 Å². The molecular weight excluding hydrogens is 457 g/mol. The third kappa shape index (κ3) is 5.64. The van der Waals surface area contributed by atoms with Crippen molar-refractivity contribution in [2.24, 2.45) is 5.73 Å². The number of aryl methyl sites for hydroxylation is 2. The van der Waals surface area contributed by atoms with Crippen molar-refractivity contribution in [2.45, 2.75) is 52.5 Å². The van der Waals surface area contributed by atoms with Gasteiger partial charge in [0, 0.05) is 38.6 Å². The van der Waals surface area contributed by atoms with Gasteiger partial charge < -0.3 is 16.0 Å². The van der Waals surface area contributed by atoms with E-state index in [1.807, 2.05) is 32.0 Å². The van der Waals surface area contributed by atoms with Crippen LogP contribution in [0.1, 0.15) is 56.7 Å². The van der Waals surface area contributed by atoms with Gasteiger partial charge in [-0.2, -0.15) is 18.3 Å². The predicted molar refractivity (Wildman–Crippen MR) is 127 cm³/mol. The summed E-state index contributed by atoms with van der Waals surface area (Å²) in [4.78, 5) is 19.3. The van der Waals surface area contributed by atoms with Crippen molar-refractivity contribution in [2.75, 3.05) is 18.0 Å². The smallest absolute Gasteiger partial charge is 0.357 e. The van der Waals surface area contributed by atoms with E-state index in [4.69, 9.17) is 5.73 Å². The molecule has 4 rings (SSSR count). The number of pyridine rings is 1. The Balaban J connectivity index is 1.54. The van der Waals surface area contributed by atoms with Gasteiger partial charge in [-0.15, -0.1) is 0 Å². The van der Waals surface area contributed by atoms with E-state index in [9.17, 15) is 18.0 Å². The molecule has 1 saturated heterocycles. The number of amides is 1. The van der Waals surface area contributed by atoms with Crippen LogP contribution < -0.4 is 16.0 Å². The van der Waals surface area contributed by atoms with Crippen molar-refractivity contribution in [3.8, 4) is 0 Å². The molecule has 1 fully saturated rings. The SMILES string of the molecule is Cc1cc(CN)cc(C)c1CNC(=O)c1cn(Cc2ccnc(N3CCCC3)c2)nc1C(F)(F)F. The molecular formula is C25H29F3N6O. The van der Waals surface area contributed by atoms with Crippen LogP contribution in [0.4, 0.5) is 19.0 Å². The standard InChI is InChI=1S/C25H29F3N6O/c1-16-9-19(12-29)10-17(2)20(16)13-31-24(35)21-15-34(32-23(21)25(26,27)28)14-18-5-6-30-22(11-18)33-7-3-4-8-33/h5-6,9-11,15H,3-4,7-8,12-14,29H2,1-2H3,(H,31,35). The summed E-state index contributed by atoms with van der Waals surface area (Å²) in [6, 6.07) is 7.43. The summed E-state index contributed by atoms with van der Waals surface area (Å²) >= 11 is 0. The van der Waals surface area contributed by atoms with Crippen LogP contribution in [0.2, 0.25) is 0 Å². The quantitative estimate of drug-likeness (QED) is 0.528. The number of nitrogens with two attached hydrogens (primary N) is 1. The second-order valence-corrected chi connectivity index (χ2v) is 8.90. The highest BCUT2D eigenvalue weighted by Gasteiger charge is 2.39. The number of benzene rings is 1. The molecule has 3 aromatic rings. The average molecular weight is 487 g/mol. The number of hydrogen-bond acceptors (Lipinski definition) is 5. The molecule has 1 aliphatic rings. The number of carbonyl (C=O) groups is 1. The van der Waals surface area contributed by atoms with Gasteiger partial charge in [-0.3, -0.25) is 9.48 Å². The highest BCUT2D eigenvalue weighted by molar-refractivity contribution is 5.95. The first-order chi connectivity index (χ1) is 16.7. The largest absolute Gasteiger partial charge is 0.435 e. The average Bonchev–Trinajstić information content (AvgIpc) is 3.49. The lowest BCUT2D eigenvalue weighted by atomic mass is 9.99. The minimum Gasteiger partial charge on any atom is -0.357 e. The molecule has 0 spiro atoms. The number of anilines is 1. The Morgan fingerprint density at radius 2 is 1.80 bits per heavy atom. The molecule has 2 aromatic heterocycles. The Kier molecular flexibility index (Phi) is 7.11. The summed E-state index contributed by atoms with van der Waals surface area (Å²) < 4.78 is 42.3. The first kappa shape index (κ1) is 24.7. The number of alkyl halides is 3. The highest BCUT2D eigenvalue weighted by Crippen LogP contribution is 2.31. The van der Waals surface area contributed by atoms with Crippen molar-refractivity contribution < 1.29 is 18.0 Å². The predicted octanol–water partition coefficient (Wildman–Crippen LogP) is 3.95. The zero-order chi connectivity index (χ0) is 25.2. The van der Waals surface area contributed by atoms with Gasteiger partial charge >= 0.3 is 6.18 Å². The number of aromatic nitrogens is 3. The lowest BCUT2D eigenvalue weighted by Crippen LogP contribution is -2.26. The molecule has 0 saturated carbocycles. The number of carbonyl (C=O) groups excluding carboxylic acids is 1. The molecule has 7 nitrogen and oxygen atoms in total. The van der Waals surface area contributed by atoms with E-state index in [2.05, 4.69) is 20.3 Å². The molecule has 3 heterocycles. The lowest BCUT2D eigenvalue weighted by molar-refractivity contribution is -0.141. The van der Waals surface area contributed by atoms with Gasteiger partial charge in [0.15, 0.2) is 5.69 Å². The van der Waals surface area contributed by atoms with E-state index in [0.29, 0.717) is 6.54 Å². The lowest BCUT2D eigenvalue weighted by Gasteiger charge is -2.16. The second-order valence-electron chi connectivity index (χ2n) is 8.90. The molecule has 1 amide bonds. The Bertz CT molecular complexity index is 1190. The Morgan fingerprint density at radius 3 is 2.43 bits per heavy atom. The van der Waals surface area contributed by atoms with Crippen LogP contribution in [0.3, 0.4) is 0 Å². The summed E-state index contributed by atoms with van der Waals surface area (Å²) in [5.74, 6) is -0.0229. The normalized spacial score (nSPS) is 13.9. The molecule has 0 aliphatic carbocycles. The Labute approximate surface area is 202 Å². The summed E-state index contributed by atoms with van der Waals surface area (Å²) in [5.41, 5.74) is 8.41. The van der Waals surface area contributed by atoms with E-state index in [1.165, 1.54) is 0 Å². The molecule has 0 bridgehead atoms. The maximum Gasteiger partial charge on any atom is 0.435 e. The van der Waals surface area contributed by atoms with Gasteiger partial charge in [0.2, 0.25) is 0 Å². The fourth-order valence-electron chi connectivity index (χ4n) is 4.49. The molecule has 186 valence electrons. The molecule has 35 heavy (non-hydrogen) atoms. The van der Waals surface area contributed by atoms with Gasteiger partial charge in [0.1, 0.15) is 5.82 Å². The van der Waals surface area contributed by atoms with Crippen molar-refractivity contribution in [1.29, 1.82) is 0 Å². The summed E-state index contributed by atoms with van der Waals surface area (Å²) in [6.45, 7) is 6.19. The van der Waals surface area contributed by atoms with Crippen molar-refractivity contribution in [3.63, 3.8) is 0 Å². The summed E-state index contributed by atoms with van der Waals surface area (Å²) in [6.07, 6.45) is 0.228. The minimum absolute atomic E-state index is 0.0957. The van der Waals surface area contributed by atoms with Crippen LogP contribution in [0.5, 0.6) is 0 Å². The van der Waals surface area contributed by atoms with Gasteiger partial charge in [-0.25, -0.2) is 4.98 Å². The maximum absolute atomic E-state index is 13.7. The summed E-state index contributed by atoms with van der Waals surface area (Å²) in [5, 5.41) is 6.35. The highest BCUT2D eigenvalue weighted by atomic mass is 19.4. The molecule has 1 aromatic carbocycles. The van der Waals surface area contributed by atoms with Crippen molar-refractivity contribution in [1.82, 2.24) is 20.1 Å². The topological polar surface area (TPSA) is 89.1 Å². The Morgan fingerprint density at radius 1 is 1.11 bits per heavy atom. The van der Waals surface area contributed by atoms with Crippen LogP contribution in [0.25, 0.3) is 0 Å². The van der Waals surface area contributed by atoms with Crippen molar-refractivity contribution >= 4 is 11.7 Å². The van der Waals surface area contributed by atoms with E-state index in [1.54, 1.807) is 12.3 Å². The monoisotopic (exact) mass is 486 g/mol. The van der Waals surface area contributed by atoms with Crippen molar-refractivity contribution in [3.05, 3.63) is 75.7 Å². The van der Waals surface area contributed by atoms with E-state index < -0.39 is 23.3 Å². The zero-order valence-electron chi connectivity index (χ0n) is 19.8. The zero-order valence-corrected chi connectivity index (χ0v) is 19.8. The number of hydrogen-bond donors (Lipinski definition) is 2. The fourth-order valence-corrected chi connectivity index (χ4v) is 4.49. The van der Waals surface area contributed by atoms with Crippen LogP contribution in [0.15, 0.2) is 36.7 Å². The van der Waals surface area contributed by atoms with Gasteiger partial charge in [-0.05, 0) is 66.6 Å². The third-order valence-electron chi connectivity index (χ3n) is 6.28. The van der Waals surface area contributed by atoms with Gasteiger partial charge in [0.25, 0.3) is 5.91 Å². The minimum atomic E-state index is -4.76. The number of nitrogens with one attached hydrogen (secondary N) is 1. The molecule has 3 N–H and O–H groups in total. The van der Waals surface area contributed by atoms with E-state index in [0.717, 1.165) is 70.4 Å².